The Bertz CT molecular complexity index is 448. The Morgan fingerprint density at radius 1 is 1.26 bits per heavy atom. The number of aryl methyl sites for hydroxylation is 1. The molecule has 0 saturated heterocycles. The molecule has 1 fully saturated rings. The molecule has 1 N–H and O–H groups in total. The van der Waals surface area contributed by atoms with E-state index in [0.717, 1.165) is 48.6 Å². The van der Waals surface area contributed by atoms with Crippen molar-refractivity contribution in [2.75, 3.05) is 12.4 Å². The van der Waals surface area contributed by atoms with Crippen LogP contribution in [-0.2, 0) is 4.79 Å². The third kappa shape index (κ3) is 3.49. The van der Waals surface area contributed by atoms with Gasteiger partial charge in [0.15, 0.2) is 0 Å². The number of nitrogens with one attached hydrogen (secondary N) is 1. The molecular formula is C16H23NO2. The van der Waals surface area contributed by atoms with Crippen LogP contribution in [0.1, 0.15) is 38.2 Å². The molecule has 0 radical (unpaired) electrons. The monoisotopic (exact) mass is 261 g/mol. The topological polar surface area (TPSA) is 38.3 Å². The lowest BCUT2D eigenvalue weighted by Gasteiger charge is -2.25. The minimum absolute atomic E-state index is 0.151. The third-order valence-corrected chi connectivity index (χ3v) is 4.06. The van der Waals surface area contributed by atoms with Crippen LogP contribution in [-0.4, -0.2) is 13.0 Å². The highest BCUT2D eigenvalue weighted by molar-refractivity contribution is 5.92. The molecule has 0 bridgehead atoms. The molecule has 3 heteroatoms. The van der Waals surface area contributed by atoms with Gasteiger partial charge in [-0.3, -0.25) is 4.79 Å². The summed E-state index contributed by atoms with van der Waals surface area (Å²) in [5.41, 5.74) is 1.90. The van der Waals surface area contributed by atoms with Crippen molar-refractivity contribution < 1.29 is 9.53 Å². The average Bonchev–Trinajstić information content (AvgIpc) is 2.41. The molecule has 19 heavy (non-hydrogen) atoms. The van der Waals surface area contributed by atoms with Gasteiger partial charge in [0.1, 0.15) is 5.75 Å². The number of hydrogen-bond donors (Lipinski definition) is 1. The average molecular weight is 261 g/mol. The van der Waals surface area contributed by atoms with Gasteiger partial charge in [-0.25, -0.2) is 0 Å². The van der Waals surface area contributed by atoms with Gasteiger partial charge in [0, 0.05) is 17.7 Å². The Morgan fingerprint density at radius 3 is 2.58 bits per heavy atom. The normalized spacial score (nSPS) is 22.9. The molecule has 1 aliphatic carbocycles. The van der Waals surface area contributed by atoms with E-state index in [-0.39, 0.29) is 11.8 Å². The second kappa shape index (κ2) is 6.09. The van der Waals surface area contributed by atoms with Gasteiger partial charge in [0.25, 0.3) is 0 Å². The summed E-state index contributed by atoms with van der Waals surface area (Å²) in [7, 11) is 1.65. The van der Waals surface area contributed by atoms with Crippen LogP contribution in [0.25, 0.3) is 0 Å². The molecule has 0 unspecified atom stereocenters. The number of benzene rings is 1. The van der Waals surface area contributed by atoms with Crippen molar-refractivity contribution >= 4 is 11.6 Å². The van der Waals surface area contributed by atoms with Crippen LogP contribution in [0.2, 0.25) is 0 Å². The van der Waals surface area contributed by atoms with Gasteiger partial charge in [0.05, 0.1) is 7.11 Å². The van der Waals surface area contributed by atoms with Crippen LogP contribution < -0.4 is 10.1 Å². The van der Waals surface area contributed by atoms with Crippen LogP contribution in [0.4, 0.5) is 5.69 Å². The van der Waals surface area contributed by atoms with Gasteiger partial charge in [-0.15, -0.1) is 0 Å². The Labute approximate surface area is 115 Å². The number of methoxy groups -OCH3 is 1. The molecule has 2 rings (SSSR count). The maximum absolute atomic E-state index is 12.2. The van der Waals surface area contributed by atoms with Crippen molar-refractivity contribution in [3.05, 3.63) is 23.8 Å². The summed E-state index contributed by atoms with van der Waals surface area (Å²) in [5, 5.41) is 3.01. The predicted molar refractivity (Wildman–Crippen MR) is 77.5 cm³/mol. The largest absolute Gasteiger partial charge is 0.496 e. The minimum atomic E-state index is 0.151. The zero-order valence-electron chi connectivity index (χ0n) is 12.0. The highest BCUT2D eigenvalue weighted by Crippen LogP contribution is 2.29. The fourth-order valence-corrected chi connectivity index (χ4v) is 2.66. The number of hydrogen-bond acceptors (Lipinski definition) is 2. The van der Waals surface area contributed by atoms with E-state index in [1.54, 1.807) is 7.11 Å². The molecule has 0 aromatic heterocycles. The van der Waals surface area contributed by atoms with Gasteiger partial charge in [-0.2, -0.15) is 0 Å². The molecular weight excluding hydrogens is 238 g/mol. The molecule has 104 valence electrons. The molecule has 0 heterocycles. The second-order valence-electron chi connectivity index (χ2n) is 5.63. The maximum Gasteiger partial charge on any atom is 0.227 e. The first-order chi connectivity index (χ1) is 9.10. The standard InChI is InChI=1S/C16H23NO2/c1-11-4-7-13(8-5-11)16(18)17-14-9-6-12(2)15(10-14)19-3/h6,9-11,13H,4-5,7-8H2,1-3H3,(H,17,18). The van der Waals surface area contributed by atoms with Gasteiger partial charge in [-0.05, 0) is 50.2 Å². The zero-order valence-corrected chi connectivity index (χ0v) is 12.0. The van der Waals surface area contributed by atoms with Crippen molar-refractivity contribution in [2.24, 2.45) is 11.8 Å². The molecule has 1 amide bonds. The zero-order chi connectivity index (χ0) is 13.8. The molecule has 0 spiro atoms. The van der Waals surface area contributed by atoms with Crippen LogP contribution in [0.15, 0.2) is 18.2 Å². The van der Waals surface area contributed by atoms with Crippen LogP contribution >= 0.6 is 0 Å². The van der Waals surface area contributed by atoms with Gasteiger partial charge in [0.2, 0.25) is 5.91 Å². The third-order valence-electron chi connectivity index (χ3n) is 4.06. The van der Waals surface area contributed by atoms with E-state index in [4.69, 9.17) is 4.74 Å². The fraction of sp³-hybridized carbons (Fsp3) is 0.562. The maximum atomic E-state index is 12.2. The van der Waals surface area contributed by atoms with Crippen molar-refractivity contribution in [1.82, 2.24) is 0 Å². The Kier molecular flexibility index (Phi) is 4.46. The van der Waals surface area contributed by atoms with Crippen LogP contribution in [0, 0.1) is 18.8 Å². The first-order valence-corrected chi connectivity index (χ1v) is 7.05. The lowest BCUT2D eigenvalue weighted by molar-refractivity contribution is -0.121. The molecule has 3 nitrogen and oxygen atoms in total. The Morgan fingerprint density at radius 2 is 1.95 bits per heavy atom. The van der Waals surface area contributed by atoms with Crippen molar-refractivity contribution in [2.45, 2.75) is 39.5 Å². The summed E-state index contributed by atoms with van der Waals surface area (Å²) in [5.74, 6) is 1.90. The Hall–Kier alpha value is -1.51. The molecule has 1 aromatic rings. The number of amides is 1. The smallest absolute Gasteiger partial charge is 0.227 e. The van der Waals surface area contributed by atoms with Crippen molar-refractivity contribution in [1.29, 1.82) is 0 Å². The first-order valence-electron chi connectivity index (χ1n) is 7.05. The summed E-state index contributed by atoms with van der Waals surface area (Å²) in [6.07, 6.45) is 4.34. The quantitative estimate of drug-likeness (QED) is 0.899. The molecule has 1 saturated carbocycles. The van der Waals surface area contributed by atoms with E-state index in [2.05, 4.69) is 12.2 Å². The van der Waals surface area contributed by atoms with Crippen LogP contribution in [0.5, 0.6) is 5.75 Å². The molecule has 1 aromatic carbocycles. The number of ether oxygens (including phenoxy) is 1. The molecule has 1 aliphatic rings. The second-order valence-corrected chi connectivity index (χ2v) is 5.63. The highest BCUT2D eigenvalue weighted by atomic mass is 16.5. The highest BCUT2D eigenvalue weighted by Gasteiger charge is 2.24. The summed E-state index contributed by atoms with van der Waals surface area (Å²) in [4.78, 5) is 12.2. The van der Waals surface area contributed by atoms with Crippen molar-refractivity contribution in [3.8, 4) is 5.75 Å². The molecule has 0 aliphatic heterocycles. The van der Waals surface area contributed by atoms with Gasteiger partial charge >= 0.3 is 0 Å². The van der Waals surface area contributed by atoms with E-state index in [1.807, 2.05) is 25.1 Å². The van der Waals surface area contributed by atoms with E-state index in [9.17, 15) is 4.79 Å². The van der Waals surface area contributed by atoms with Gasteiger partial charge in [-0.1, -0.05) is 13.0 Å². The number of anilines is 1. The van der Waals surface area contributed by atoms with E-state index in [0.29, 0.717) is 0 Å². The number of carbonyl (C=O) groups is 1. The van der Waals surface area contributed by atoms with E-state index < -0.39 is 0 Å². The lowest BCUT2D eigenvalue weighted by Crippen LogP contribution is -2.26. The SMILES string of the molecule is COc1cc(NC(=O)C2CCC(C)CC2)ccc1C. The summed E-state index contributed by atoms with van der Waals surface area (Å²) in [6, 6.07) is 5.79. The van der Waals surface area contributed by atoms with Crippen molar-refractivity contribution in [3.63, 3.8) is 0 Å². The van der Waals surface area contributed by atoms with E-state index in [1.165, 1.54) is 0 Å². The lowest BCUT2D eigenvalue weighted by atomic mass is 9.82. The summed E-state index contributed by atoms with van der Waals surface area (Å²) < 4.78 is 5.28. The minimum Gasteiger partial charge on any atom is -0.496 e. The van der Waals surface area contributed by atoms with Gasteiger partial charge < -0.3 is 10.1 Å². The number of rotatable bonds is 3. The summed E-state index contributed by atoms with van der Waals surface area (Å²) in [6.45, 7) is 4.26. The van der Waals surface area contributed by atoms with E-state index >= 15 is 0 Å². The predicted octanol–water partition coefficient (Wildman–Crippen LogP) is 3.77. The first kappa shape index (κ1) is 13.9. The molecule has 0 atom stereocenters. The Balaban J connectivity index is 1.98. The summed E-state index contributed by atoms with van der Waals surface area (Å²) >= 11 is 0. The fourth-order valence-electron chi connectivity index (χ4n) is 2.66. The number of carbonyl (C=O) groups excluding carboxylic acids is 1. The van der Waals surface area contributed by atoms with Crippen LogP contribution in [0.3, 0.4) is 0 Å².